The maximum absolute atomic E-state index is 12.6. The highest BCUT2D eigenvalue weighted by molar-refractivity contribution is 5.78. The average molecular weight is 341 g/mol. The van der Waals surface area contributed by atoms with E-state index in [1.54, 1.807) is 12.7 Å². The summed E-state index contributed by atoms with van der Waals surface area (Å²) in [7, 11) is 1.89. The summed E-state index contributed by atoms with van der Waals surface area (Å²) < 4.78 is 1.89. The molecule has 0 aliphatic carbocycles. The lowest BCUT2D eigenvalue weighted by Crippen LogP contribution is -2.43. The predicted octanol–water partition coefficient (Wildman–Crippen LogP) is 1.96. The summed E-state index contributed by atoms with van der Waals surface area (Å²) in [4.78, 5) is 20.7. The van der Waals surface area contributed by atoms with Gasteiger partial charge in [0, 0.05) is 26.7 Å². The van der Waals surface area contributed by atoms with Gasteiger partial charge in [-0.15, -0.1) is 0 Å². The molecule has 0 spiro atoms. The van der Waals surface area contributed by atoms with E-state index < -0.39 is 0 Å². The molecule has 6 nitrogen and oxygen atoms in total. The van der Waals surface area contributed by atoms with Gasteiger partial charge in [-0.3, -0.25) is 14.4 Å². The van der Waals surface area contributed by atoms with Crippen molar-refractivity contribution in [3.8, 4) is 0 Å². The SMILES string of the molecule is Cc1ccc(CN(C)C(=O)CN2CCCC(Cn3cncn3)C2)cc1. The highest BCUT2D eigenvalue weighted by Crippen LogP contribution is 2.18. The van der Waals surface area contributed by atoms with E-state index in [0.717, 1.165) is 26.1 Å². The van der Waals surface area contributed by atoms with Crippen LogP contribution in [0.1, 0.15) is 24.0 Å². The molecule has 1 atom stereocenters. The Balaban J connectivity index is 1.48. The Bertz CT molecular complexity index is 668. The van der Waals surface area contributed by atoms with E-state index in [0.29, 0.717) is 19.0 Å². The first-order valence-corrected chi connectivity index (χ1v) is 8.94. The van der Waals surface area contributed by atoms with Crippen molar-refractivity contribution in [3.63, 3.8) is 0 Å². The number of carbonyl (C=O) groups excluding carboxylic acids is 1. The van der Waals surface area contributed by atoms with Crippen LogP contribution in [0.3, 0.4) is 0 Å². The first-order chi connectivity index (χ1) is 12.1. The Morgan fingerprint density at radius 3 is 2.84 bits per heavy atom. The second kappa shape index (κ2) is 8.25. The van der Waals surface area contributed by atoms with Gasteiger partial charge in [0.2, 0.25) is 5.91 Å². The largest absolute Gasteiger partial charge is 0.340 e. The number of aromatic nitrogens is 3. The standard InChI is InChI=1S/C19H27N5O/c1-16-5-7-17(8-6-16)10-22(2)19(25)13-23-9-3-4-18(11-23)12-24-15-20-14-21-24/h5-8,14-15,18H,3-4,9-13H2,1-2H3. The van der Waals surface area contributed by atoms with Gasteiger partial charge in [-0.25, -0.2) is 4.98 Å². The highest BCUT2D eigenvalue weighted by atomic mass is 16.2. The van der Waals surface area contributed by atoms with E-state index in [1.165, 1.54) is 17.5 Å². The van der Waals surface area contributed by atoms with Crippen LogP contribution < -0.4 is 0 Å². The molecule has 1 saturated heterocycles. The number of hydrogen-bond donors (Lipinski definition) is 0. The molecule has 3 rings (SSSR count). The van der Waals surface area contributed by atoms with Crippen LogP contribution in [0, 0.1) is 12.8 Å². The van der Waals surface area contributed by atoms with Crippen LogP contribution in [-0.4, -0.2) is 57.2 Å². The quantitative estimate of drug-likeness (QED) is 0.806. The van der Waals surface area contributed by atoms with E-state index in [2.05, 4.69) is 46.2 Å². The van der Waals surface area contributed by atoms with Gasteiger partial charge in [0.15, 0.2) is 0 Å². The second-order valence-corrected chi connectivity index (χ2v) is 7.10. The fourth-order valence-electron chi connectivity index (χ4n) is 3.40. The molecule has 0 radical (unpaired) electrons. The van der Waals surface area contributed by atoms with Crippen molar-refractivity contribution in [3.05, 3.63) is 48.0 Å². The summed E-state index contributed by atoms with van der Waals surface area (Å²) in [6, 6.07) is 8.36. The van der Waals surface area contributed by atoms with E-state index in [1.807, 2.05) is 16.6 Å². The number of hydrogen-bond acceptors (Lipinski definition) is 4. The van der Waals surface area contributed by atoms with Gasteiger partial charge < -0.3 is 4.90 Å². The minimum Gasteiger partial charge on any atom is -0.340 e. The fraction of sp³-hybridized carbons (Fsp3) is 0.526. The van der Waals surface area contributed by atoms with Crippen LogP contribution in [0.4, 0.5) is 0 Å². The van der Waals surface area contributed by atoms with E-state index >= 15 is 0 Å². The molecule has 2 aromatic rings. The van der Waals surface area contributed by atoms with Gasteiger partial charge in [-0.05, 0) is 37.8 Å². The molecule has 0 saturated carbocycles. The van der Waals surface area contributed by atoms with Crippen LogP contribution in [0.25, 0.3) is 0 Å². The van der Waals surface area contributed by atoms with Crippen molar-refractivity contribution in [2.45, 2.75) is 32.9 Å². The summed E-state index contributed by atoms with van der Waals surface area (Å²) >= 11 is 0. The number of likely N-dealkylation sites (N-methyl/N-ethyl adjacent to an activating group) is 1. The molecule has 1 aliphatic heterocycles. The lowest BCUT2D eigenvalue weighted by Gasteiger charge is -2.33. The summed E-state index contributed by atoms with van der Waals surface area (Å²) in [6.45, 7) is 6.06. The number of benzene rings is 1. The third-order valence-corrected chi connectivity index (χ3v) is 4.84. The average Bonchev–Trinajstić information content (AvgIpc) is 3.10. The monoisotopic (exact) mass is 341 g/mol. The molecule has 25 heavy (non-hydrogen) atoms. The predicted molar refractivity (Wildman–Crippen MR) is 96.8 cm³/mol. The van der Waals surface area contributed by atoms with Crippen molar-refractivity contribution in [1.82, 2.24) is 24.6 Å². The van der Waals surface area contributed by atoms with Crippen molar-refractivity contribution in [2.24, 2.45) is 5.92 Å². The van der Waals surface area contributed by atoms with Gasteiger partial charge in [-0.2, -0.15) is 5.10 Å². The Morgan fingerprint density at radius 2 is 2.12 bits per heavy atom. The van der Waals surface area contributed by atoms with Crippen LogP contribution in [0.2, 0.25) is 0 Å². The maximum atomic E-state index is 12.6. The van der Waals surface area contributed by atoms with Gasteiger partial charge >= 0.3 is 0 Å². The van der Waals surface area contributed by atoms with Crippen LogP contribution in [-0.2, 0) is 17.9 Å². The summed E-state index contributed by atoms with van der Waals surface area (Å²) in [5.41, 5.74) is 2.41. The number of aryl methyl sites for hydroxylation is 1. The fourth-order valence-corrected chi connectivity index (χ4v) is 3.40. The van der Waals surface area contributed by atoms with Gasteiger partial charge in [0.1, 0.15) is 12.7 Å². The molecule has 1 aliphatic rings. The van der Waals surface area contributed by atoms with Crippen molar-refractivity contribution < 1.29 is 4.79 Å². The Kier molecular flexibility index (Phi) is 5.81. The Labute approximate surface area is 149 Å². The third kappa shape index (κ3) is 5.13. The molecule has 6 heteroatoms. The zero-order chi connectivity index (χ0) is 17.6. The summed E-state index contributed by atoms with van der Waals surface area (Å²) in [5, 5.41) is 4.19. The van der Waals surface area contributed by atoms with Gasteiger partial charge in [-0.1, -0.05) is 29.8 Å². The molecule has 0 bridgehead atoms. The molecule has 1 aromatic heterocycles. The minimum absolute atomic E-state index is 0.182. The minimum atomic E-state index is 0.182. The topological polar surface area (TPSA) is 54.3 Å². The van der Waals surface area contributed by atoms with E-state index in [9.17, 15) is 4.79 Å². The second-order valence-electron chi connectivity index (χ2n) is 7.10. The van der Waals surface area contributed by atoms with Crippen molar-refractivity contribution in [1.29, 1.82) is 0 Å². The molecule has 1 aromatic carbocycles. The zero-order valence-corrected chi connectivity index (χ0v) is 15.1. The third-order valence-electron chi connectivity index (χ3n) is 4.84. The molecule has 1 unspecified atom stereocenters. The molecule has 1 amide bonds. The Hall–Kier alpha value is -2.21. The molecular weight excluding hydrogens is 314 g/mol. The molecule has 2 heterocycles. The summed E-state index contributed by atoms with van der Waals surface area (Å²) in [5.74, 6) is 0.715. The number of likely N-dealkylation sites (tertiary alicyclic amines) is 1. The lowest BCUT2D eigenvalue weighted by atomic mass is 9.98. The summed E-state index contributed by atoms with van der Waals surface area (Å²) in [6.07, 6.45) is 5.65. The van der Waals surface area contributed by atoms with Gasteiger partial charge in [0.25, 0.3) is 0 Å². The van der Waals surface area contributed by atoms with E-state index in [4.69, 9.17) is 0 Å². The Morgan fingerprint density at radius 1 is 1.32 bits per heavy atom. The highest BCUT2D eigenvalue weighted by Gasteiger charge is 2.23. The zero-order valence-electron chi connectivity index (χ0n) is 15.1. The van der Waals surface area contributed by atoms with Gasteiger partial charge in [0.05, 0.1) is 6.54 Å². The molecule has 134 valence electrons. The van der Waals surface area contributed by atoms with Crippen LogP contribution in [0.15, 0.2) is 36.9 Å². The van der Waals surface area contributed by atoms with Crippen LogP contribution >= 0.6 is 0 Å². The van der Waals surface area contributed by atoms with E-state index in [-0.39, 0.29) is 5.91 Å². The van der Waals surface area contributed by atoms with Crippen molar-refractivity contribution >= 4 is 5.91 Å². The number of piperidine rings is 1. The first-order valence-electron chi connectivity index (χ1n) is 8.94. The number of amides is 1. The molecular formula is C19H27N5O. The first kappa shape index (κ1) is 17.6. The van der Waals surface area contributed by atoms with Crippen LogP contribution in [0.5, 0.6) is 0 Å². The smallest absolute Gasteiger partial charge is 0.236 e. The normalized spacial score (nSPS) is 18.2. The molecule has 1 fully saturated rings. The van der Waals surface area contributed by atoms with Crippen molar-refractivity contribution in [2.75, 3.05) is 26.7 Å². The number of carbonyl (C=O) groups is 1. The number of nitrogens with zero attached hydrogens (tertiary/aromatic N) is 5. The molecule has 0 N–H and O–H groups in total. The maximum Gasteiger partial charge on any atom is 0.236 e. The lowest BCUT2D eigenvalue weighted by molar-refractivity contribution is -0.132. The number of rotatable bonds is 6.